The quantitative estimate of drug-likeness (QED) is 0.199. The fraction of sp³-hybridized carbons (Fsp3) is 0.806. The van der Waals surface area contributed by atoms with Gasteiger partial charge in [-0.15, -0.1) is 18.5 Å². The van der Waals surface area contributed by atoms with Gasteiger partial charge in [0, 0.05) is 26.2 Å². The van der Waals surface area contributed by atoms with E-state index in [9.17, 15) is 13.7 Å². The van der Waals surface area contributed by atoms with Gasteiger partial charge in [-0.1, -0.05) is 43.7 Å². The number of ether oxygens (including phenoxy) is 1. The second-order valence-electron chi connectivity index (χ2n) is 14.3. The van der Waals surface area contributed by atoms with Gasteiger partial charge in [0.15, 0.2) is 0 Å². The molecule has 4 rings (SSSR count). The minimum Gasteiger partial charge on any atom is -0.497 e. The van der Waals surface area contributed by atoms with Crippen molar-refractivity contribution in [3.8, 4) is 5.75 Å². The highest BCUT2D eigenvalue weighted by Gasteiger charge is 2.62. The summed E-state index contributed by atoms with van der Waals surface area (Å²) in [6, 6.07) is 6.51. The topological polar surface area (TPSA) is 46.5 Å². The first-order valence-corrected chi connectivity index (χ1v) is 18.9. The Bertz CT molecular complexity index is 1130. The summed E-state index contributed by atoms with van der Waals surface area (Å²) >= 11 is 0. The molecule has 0 amide bonds. The summed E-state index contributed by atoms with van der Waals surface area (Å²) in [4.78, 5) is -0.684. The van der Waals surface area contributed by atoms with Crippen LogP contribution in [-0.4, -0.2) is 50.9 Å². The highest BCUT2D eigenvalue weighted by Crippen LogP contribution is 2.71. The largest absolute Gasteiger partial charge is 0.497 e. The first kappa shape index (κ1) is 34.7. The van der Waals surface area contributed by atoms with Gasteiger partial charge in [0.05, 0.1) is 21.1 Å². The smallest absolute Gasteiger partial charge is 0.148 e. The third kappa shape index (κ3) is 6.44. The van der Waals surface area contributed by atoms with Crippen LogP contribution in [0.4, 0.5) is 4.39 Å². The molecule has 3 aliphatic carbocycles. The van der Waals surface area contributed by atoms with Crippen molar-refractivity contribution in [1.82, 2.24) is 0 Å². The van der Waals surface area contributed by atoms with Crippen LogP contribution >= 0.6 is 37.0 Å². The molecule has 2 radical (unpaired) electrons. The Morgan fingerprint density at radius 2 is 1.90 bits per heavy atom. The number of alkyl halides is 1. The zero-order chi connectivity index (χ0) is 30.6. The predicted molar refractivity (Wildman–Crippen MR) is 188 cm³/mol. The Kier molecular flexibility index (Phi) is 10.6. The van der Waals surface area contributed by atoms with Crippen LogP contribution in [0.3, 0.4) is 0 Å². The maximum Gasteiger partial charge on any atom is 0.148 e. The number of aliphatic hydroxyl groups excluding tert-OH is 1. The summed E-state index contributed by atoms with van der Waals surface area (Å²) < 4.78 is 33.3. The molecule has 2 fully saturated rings. The van der Waals surface area contributed by atoms with Crippen LogP contribution in [-0.2, 0) is 17.2 Å². The molecule has 12 atom stereocenters. The summed E-state index contributed by atoms with van der Waals surface area (Å²) in [5.41, 5.74) is 2.59. The Labute approximate surface area is 261 Å². The average molecular weight is 659 g/mol. The van der Waals surface area contributed by atoms with Gasteiger partial charge in [0.2, 0.25) is 0 Å². The second-order valence-corrected chi connectivity index (χ2v) is 21.5. The Hall–Kier alpha value is 0.845. The fourth-order valence-electron chi connectivity index (χ4n) is 8.31. The van der Waals surface area contributed by atoms with E-state index in [1.165, 1.54) is 11.1 Å². The molecule has 0 saturated heterocycles. The minimum absolute atomic E-state index is 0.130. The maximum absolute atomic E-state index is 14.5. The number of fused-ring (bicyclic) bond motifs is 5. The Morgan fingerprint density at radius 1 is 1.22 bits per heavy atom. The molecule has 10 heteroatoms. The predicted octanol–water partition coefficient (Wildman–Crippen LogP) is 7.39. The van der Waals surface area contributed by atoms with Crippen LogP contribution in [0.2, 0.25) is 5.31 Å². The van der Waals surface area contributed by atoms with E-state index in [0.717, 1.165) is 50.7 Å². The fourth-order valence-corrected chi connectivity index (χ4v) is 10.5. The van der Waals surface area contributed by atoms with Gasteiger partial charge in [-0.3, -0.25) is 4.21 Å². The molecule has 0 spiro atoms. The monoisotopic (exact) mass is 658 g/mol. The first-order valence-electron chi connectivity index (χ1n) is 15.3. The summed E-state index contributed by atoms with van der Waals surface area (Å²) in [6.07, 6.45) is 7.68. The lowest BCUT2D eigenvalue weighted by atomic mass is 9.36. The number of benzene rings is 1. The van der Waals surface area contributed by atoms with E-state index < -0.39 is 20.8 Å². The van der Waals surface area contributed by atoms with Crippen LogP contribution < -0.4 is 4.74 Å². The van der Waals surface area contributed by atoms with Crippen molar-refractivity contribution >= 4 is 55.6 Å². The molecule has 12 unspecified atom stereocenters. The van der Waals surface area contributed by atoms with Crippen molar-refractivity contribution in [2.75, 3.05) is 12.9 Å². The van der Waals surface area contributed by atoms with Gasteiger partial charge >= 0.3 is 0 Å². The molecule has 0 bridgehead atoms. The zero-order valence-corrected chi connectivity index (χ0v) is 31.1. The Morgan fingerprint density at radius 3 is 2.54 bits per heavy atom. The minimum atomic E-state index is -1.50. The number of hydrogen-bond donors (Lipinski definition) is 1. The summed E-state index contributed by atoms with van der Waals surface area (Å²) in [5.74, 6) is 2.54. The lowest BCUT2D eigenvalue weighted by Crippen LogP contribution is -2.51. The average Bonchev–Trinajstić information content (AvgIpc) is 3.20. The molecule has 2 saturated carbocycles. The normalized spacial score (nSPS) is 33.4. The molecule has 1 N–H and O–H groups in total. The number of hydrogen-bond acceptors (Lipinski definition) is 3. The second kappa shape index (κ2) is 12.6. The molecule has 0 aromatic heterocycles. The van der Waals surface area contributed by atoms with Gasteiger partial charge in [0.25, 0.3) is 0 Å². The van der Waals surface area contributed by atoms with Gasteiger partial charge in [-0.2, -0.15) is 0 Å². The molecule has 1 aromatic carbocycles. The molecule has 3 aliphatic rings. The van der Waals surface area contributed by atoms with Crippen molar-refractivity contribution in [3.63, 3.8) is 0 Å². The number of aliphatic hydroxyl groups is 1. The third-order valence-corrected chi connectivity index (χ3v) is 17.8. The van der Waals surface area contributed by atoms with Crippen molar-refractivity contribution in [2.24, 2.45) is 23.2 Å². The summed E-state index contributed by atoms with van der Waals surface area (Å²) in [7, 11) is 18.1. The van der Waals surface area contributed by atoms with E-state index in [2.05, 4.69) is 82.9 Å². The van der Waals surface area contributed by atoms with E-state index in [1.54, 1.807) is 7.11 Å². The molecule has 41 heavy (non-hydrogen) atoms. The maximum atomic E-state index is 14.5. The van der Waals surface area contributed by atoms with E-state index in [-0.39, 0.29) is 45.3 Å². The van der Waals surface area contributed by atoms with Gasteiger partial charge < -0.3 is 9.84 Å². The molecule has 3 nitrogen and oxygen atoms in total. The molecule has 0 heterocycles. The molecular formula is C31H52BFO3P4S. The SMILES string of the molecule is [B]C12C(CCC(C)C(C)(C)S(=O)CCCC(P)(P)C(F)(P)P)Cc3cc(OC)ccc3C1CCC1(C)C(O)CCC12. The highest BCUT2D eigenvalue weighted by molar-refractivity contribution is 7.86. The Balaban J connectivity index is 1.51. The van der Waals surface area contributed by atoms with Crippen LogP contribution in [0.25, 0.3) is 0 Å². The number of halogens is 1. The molecular weight excluding hydrogens is 606 g/mol. The first-order chi connectivity index (χ1) is 18.9. The van der Waals surface area contributed by atoms with E-state index in [0.29, 0.717) is 18.6 Å². The summed E-state index contributed by atoms with van der Waals surface area (Å²) in [6.45, 7) is 8.76. The number of methoxy groups -OCH3 is 1. The van der Waals surface area contributed by atoms with Gasteiger partial charge in [0.1, 0.15) is 10.9 Å². The van der Waals surface area contributed by atoms with E-state index >= 15 is 0 Å². The van der Waals surface area contributed by atoms with Crippen molar-refractivity contribution < 1.29 is 18.4 Å². The molecule has 0 aliphatic heterocycles. The summed E-state index contributed by atoms with van der Waals surface area (Å²) in [5, 5.41) is 9.18. The molecule has 1 aromatic rings. The lowest BCUT2D eigenvalue weighted by molar-refractivity contribution is -0.0315. The highest BCUT2D eigenvalue weighted by atomic mass is 32.2. The molecule has 230 valence electrons. The number of rotatable bonds is 11. The standard InChI is InChI=1S/C31H52BFO3P4S/c1-19(27(2,3)41(35)16-6-14-29(37,38)31(33,39)40)7-8-21-17-20-18-22(36-5)9-10-23(20)24-13-15-28(4)25(30(21,24)32)11-12-26(28)34/h9-10,18-19,21,24-26,34H,6-8,11-17,37-40H2,1-5H3. The van der Waals surface area contributed by atoms with Gasteiger partial charge in [-0.05, 0) is 124 Å². The van der Waals surface area contributed by atoms with Crippen molar-refractivity contribution in [2.45, 2.75) is 118 Å². The van der Waals surface area contributed by atoms with Gasteiger partial charge in [-0.25, -0.2) is 4.39 Å². The van der Waals surface area contributed by atoms with Crippen molar-refractivity contribution in [3.05, 3.63) is 29.3 Å². The van der Waals surface area contributed by atoms with Crippen LogP contribution in [0, 0.1) is 23.2 Å². The van der Waals surface area contributed by atoms with Crippen molar-refractivity contribution in [1.29, 1.82) is 0 Å². The third-order valence-electron chi connectivity index (χ3n) is 11.7. The van der Waals surface area contributed by atoms with Crippen LogP contribution in [0.5, 0.6) is 5.75 Å². The lowest BCUT2D eigenvalue weighted by Gasteiger charge is -2.61. The zero-order valence-electron chi connectivity index (χ0n) is 25.6. The van der Waals surface area contributed by atoms with Crippen LogP contribution in [0.15, 0.2) is 18.2 Å². The van der Waals surface area contributed by atoms with Crippen LogP contribution in [0.1, 0.15) is 96.1 Å². The van der Waals surface area contributed by atoms with E-state index in [1.807, 2.05) is 0 Å². The van der Waals surface area contributed by atoms with E-state index in [4.69, 9.17) is 12.6 Å².